The number of nitrogens with zero attached hydrogens (tertiary/aromatic N) is 1. The van der Waals surface area contributed by atoms with Gasteiger partial charge in [-0.2, -0.15) is 5.26 Å². The van der Waals surface area contributed by atoms with Crippen LogP contribution in [0.2, 0.25) is 0 Å². The SMILES string of the molecule is C[C@@H]1CC=C(CC(C)(C)C#N)[C@H](C)C1(C)C. The van der Waals surface area contributed by atoms with E-state index in [4.69, 9.17) is 5.26 Å². The van der Waals surface area contributed by atoms with Crippen LogP contribution >= 0.6 is 0 Å². The van der Waals surface area contributed by atoms with Crippen molar-refractivity contribution in [3.05, 3.63) is 11.6 Å². The van der Waals surface area contributed by atoms with E-state index in [1.165, 1.54) is 5.57 Å². The highest BCUT2D eigenvalue weighted by Gasteiger charge is 2.37. The summed E-state index contributed by atoms with van der Waals surface area (Å²) in [7, 11) is 0. The van der Waals surface area contributed by atoms with Crippen molar-refractivity contribution in [1.82, 2.24) is 0 Å². The van der Waals surface area contributed by atoms with Crippen molar-refractivity contribution in [3.63, 3.8) is 0 Å². The molecule has 1 aliphatic carbocycles. The summed E-state index contributed by atoms with van der Waals surface area (Å²) in [4.78, 5) is 0. The smallest absolute Gasteiger partial charge is 0.0687 e. The maximum absolute atomic E-state index is 9.12. The van der Waals surface area contributed by atoms with Crippen LogP contribution in [-0.4, -0.2) is 0 Å². The molecule has 1 heteroatoms. The molecule has 1 aliphatic rings. The largest absolute Gasteiger partial charge is 0.198 e. The molecule has 0 unspecified atom stereocenters. The predicted molar refractivity (Wildman–Crippen MR) is 68.8 cm³/mol. The molecule has 90 valence electrons. The number of allylic oxidation sites excluding steroid dienone is 2. The molecule has 0 saturated carbocycles. The van der Waals surface area contributed by atoms with Gasteiger partial charge in [0.15, 0.2) is 0 Å². The molecule has 1 nitrogen and oxygen atoms in total. The first-order valence-electron chi connectivity index (χ1n) is 6.31. The third kappa shape index (κ3) is 2.48. The molecule has 0 aromatic carbocycles. The number of hydrogen-bond acceptors (Lipinski definition) is 1. The maximum atomic E-state index is 9.12. The Labute approximate surface area is 101 Å². The molecule has 1 rings (SSSR count). The van der Waals surface area contributed by atoms with Crippen LogP contribution in [0.3, 0.4) is 0 Å². The van der Waals surface area contributed by atoms with Crippen molar-refractivity contribution in [3.8, 4) is 6.07 Å². The van der Waals surface area contributed by atoms with E-state index in [-0.39, 0.29) is 5.41 Å². The average Bonchev–Trinajstić information content (AvgIpc) is 2.20. The van der Waals surface area contributed by atoms with Crippen LogP contribution in [0.4, 0.5) is 0 Å². The second kappa shape index (κ2) is 4.24. The van der Waals surface area contributed by atoms with Crippen LogP contribution in [0.1, 0.15) is 54.4 Å². The van der Waals surface area contributed by atoms with Gasteiger partial charge >= 0.3 is 0 Å². The van der Waals surface area contributed by atoms with E-state index in [0.717, 1.165) is 18.8 Å². The zero-order valence-electron chi connectivity index (χ0n) is 11.6. The van der Waals surface area contributed by atoms with Crippen LogP contribution in [0, 0.1) is 34.0 Å². The Balaban J connectivity index is 2.89. The van der Waals surface area contributed by atoms with E-state index in [1.807, 2.05) is 13.8 Å². The lowest BCUT2D eigenvalue weighted by molar-refractivity contribution is 0.143. The summed E-state index contributed by atoms with van der Waals surface area (Å²) in [6.07, 6.45) is 4.45. The third-order valence-corrected chi connectivity index (χ3v) is 4.62. The fourth-order valence-corrected chi connectivity index (χ4v) is 2.49. The Kier molecular flexibility index (Phi) is 3.53. The minimum Gasteiger partial charge on any atom is -0.198 e. The van der Waals surface area contributed by atoms with Gasteiger partial charge in [0.2, 0.25) is 0 Å². The van der Waals surface area contributed by atoms with Gasteiger partial charge < -0.3 is 0 Å². The maximum Gasteiger partial charge on any atom is 0.0687 e. The van der Waals surface area contributed by atoms with E-state index >= 15 is 0 Å². The molecule has 0 aliphatic heterocycles. The summed E-state index contributed by atoms with van der Waals surface area (Å²) in [6, 6.07) is 2.41. The molecule has 0 bridgehead atoms. The molecule has 0 radical (unpaired) electrons. The van der Waals surface area contributed by atoms with Gasteiger partial charge in [-0.15, -0.1) is 0 Å². The van der Waals surface area contributed by atoms with Gasteiger partial charge in [0.05, 0.1) is 11.5 Å². The highest BCUT2D eigenvalue weighted by molar-refractivity contribution is 5.18. The first kappa shape index (κ1) is 13.3. The first-order chi connectivity index (χ1) is 7.20. The van der Waals surface area contributed by atoms with E-state index in [1.54, 1.807) is 0 Å². The van der Waals surface area contributed by atoms with Crippen LogP contribution in [0.25, 0.3) is 0 Å². The Morgan fingerprint density at radius 2 is 2.00 bits per heavy atom. The Hall–Kier alpha value is -0.770. The van der Waals surface area contributed by atoms with Crippen molar-refractivity contribution >= 4 is 0 Å². The molecule has 16 heavy (non-hydrogen) atoms. The van der Waals surface area contributed by atoms with E-state index in [0.29, 0.717) is 11.3 Å². The van der Waals surface area contributed by atoms with Crippen LogP contribution in [0.15, 0.2) is 11.6 Å². The highest BCUT2D eigenvalue weighted by Crippen LogP contribution is 2.47. The summed E-state index contributed by atoms with van der Waals surface area (Å²) in [5.74, 6) is 1.32. The van der Waals surface area contributed by atoms with Gasteiger partial charge in [-0.05, 0) is 43.9 Å². The molecule has 0 heterocycles. The van der Waals surface area contributed by atoms with Gasteiger partial charge in [-0.25, -0.2) is 0 Å². The topological polar surface area (TPSA) is 23.8 Å². The zero-order valence-corrected chi connectivity index (χ0v) is 11.6. The molecule has 0 fully saturated rings. The lowest BCUT2D eigenvalue weighted by Gasteiger charge is -2.43. The van der Waals surface area contributed by atoms with E-state index in [2.05, 4.69) is 39.8 Å². The lowest BCUT2D eigenvalue weighted by Crippen LogP contribution is -2.34. The van der Waals surface area contributed by atoms with Gasteiger partial charge in [-0.1, -0.05) is 39.3 Å². The van der Waals surface area contributed by atoms with E-state index in [9.17, 15) is 0 Å². The Morgan fingerprint density at radius 1 is 1.44 bits per heavy atom. The van der Waals surface area contributed by atoms with Crippen LogP contribution in [0.5, 0.6) is 0 Å². The molecule has 0 saturated heterocycles. The quantitative estimate of drug-likeness (QED) is 0.625. The molecule has 2 atom stereocenters. The van der Waals surface area contributed by atoms with Crippen LogP contribution in [-0.2, 0) is 0 Å². The minimum atomic E-state index is -0.225. The summed E-state index contributed by atoms with van der Waals surface area (Å²) in [6.45, 7) is 13.4. The van der Waals surface area contributed by atoms with Crippen molar-refractivity contribution in [2.75, 3.05) is 0 Å². The molecule has 0 N–H and O–H groups in total. The molecule has 0 aromatic rings. The Morgan fingerprint density at radius 3 is 2.50 bits per heavy atom. The predicted octanol–water partition coefficient (Wildman–Crippen LogP) is 4.55. The van der Waals surface area contributed by atoms with Crippen molar-refractivity contribution < 1.29 is 0 Å². The minimum absolute atomic E-state index is 0.225. The molecular formula is C15H25N. The fraction of sp³-hybridized carbons (Fsp3) is 0.800. The summed E-state index contributed by atoms with van der Waals surface area (Å²) in [5, 5.41) is 9.12. The molecular weight excluding hydrogens is 194 g/mol. The van der Waals surface area contributed by atoms with Crippen molar-refractivity contribution in [2.45, 2.75) is 54.4 Å². The van der Waals surface area contributed by atoms with Crippen LogP contribution < -0.4 is 0 Å². The van der Waals surface area contributed by atoms with Crippen molar-refractivity contribution in [1.29, 1.82) is 5.26 Å². The van der Waals surface area contributed by atoms with Gasteiger partial charge in [-0.3, -0.25) is 0 Å². The average molecular weight is 219 g/mol. The second-order valence-electron chi connectivity index (χ2n) is 6.63. The first-order valence-corrected chi connectivity index (χ1v) is 6.31. The summed E-state index contributed by atoms with van der Waals surface area (Å²) >= 11 is 0. The molecule has 0 amide bonds. The Bertz CT molecular complexity index is 328. The monoisotopic (exact) mass is 219 g/mol. The van der Waals surface area contributed by atoms with Gasteiger partial charge in [0.1, 0.15) is 0 Å². The number of nitriles is 1. The zero-order chi connectivity index (χ0) is 12.6. The summed E-state index contributed by atoms with van der Waals surface area (Å²) < 4.78 is 0. The standard InChI is InChI=1S/C15H25N/c1-11-7-8-13(9-14(3,4)10-16)12(2)15(11,5)6/h8,11-12H,7,9H2,1-6H3/t11-,12+/m1/s1. The normalized spacial score (nSPS) is 29.4. The summed E-state index contributed by atoms with van der Waals surface area (Å²) in [5.41, 5.74) is 1.61. The number of hydrogen-bond donors (Lipinski definition) is 0. The van der Waals surface area contributed by atoms with E-state index < -0.39 is 0 Å². The molecule has 0 spiro atoms. The number of rotatable bonds is 2. The third-order valence-electron chi connectivity index (χ3n) is 4.62. The van der Waals surface area contributed by atoms with Crippen molar-refractivity contribution in [2.24, 2.45) is 22.7 Å². The molecule has 0 aromatic heterocycles. The lowest BCUT2D eigenvalue weighted by atomic mass is 9.62. The second-order valence-corrected chi connectivity index (χ2v) is 6.63. The highest BCUT2D eigenvalue weighted by atomic mass is 14.4. The fourth-order valence-electron chi connectivity index (χ4n) is 2.49. The van der Waals surface area contributed by atoms with Gasteiger partial charge in [0, 0.05) is 0 Å². The van der Waals surface area contributed by atoms with Gasteiger partial charge in [0.25, 0.3) is 0 Å².